The number of hydrogen-bond donors (Lipinski definition) is 2. The molecule has 154 valence electrons. The van der Waals surface area contributed by atoms with E-state index < -0.39 is 32.6 Å². The van der Waals surface area contributed by atoms with Crippen molar-refractivity contribution in [2.45, 2.75) is 11.8 Å². The minimum Gasteiger partial charge on any atom is -0.332 e. The highest BCUT2D eigenvalue weighted by molar-refractivity contribution is 7.89. The molecule has 0 aliphatic rings. The summed E-state index contributed by atoms with van der Waals surface area (Å²) in [5.41, 5.74) is 1.57. The van der Waals surface area contributed by atoms with Crippen LogP contribution in [0.25, 0.3) is 0 Å². The second-order valence-corrected chi connectivity index (χ2v) is 8.10. The second-order valence-electron chi connectivity index (χ2n) is 6.36. The Labute approximate surface area is 169 Å². The highest BCUT2D eigenvalue weighted by Crippen LogP contribution is 2.17. The molecule has 0 heterocycles. The molecule has 7 nitrogen and oxygen atoms in total. The topological polar surface area (TPSA) is 95.6 Å². The van der Waals surface area contributed by atoms with Crippen LogP contribution >= 0.6 is 0 Å². The number of aryl methyl sites for hydroxylation is 1. The van der Waals surface area contributed by atoms with Gasteiger partial charge in [-0.3, -0.25) is 9.59 Å². The predicted octanol–water partition coefficient (Wildman–Crippen LogP) is 2.31. The van der Waals surface area contributed by atoms with Gasteiger partial charge in [0.25, 0.3) is 5.91 Å². The van der Waals surface area contributed by atoms with E-state index in [4.69, 9.17) is 0 Å². The van der Waals surface area contributed by atoms with Crippen molar-refractivity contribution in [1.82, 2.24) is 9.62 Å². The van der Waals surface area contributed by atoms with Crippen molar-refractivity contribution in [2.24, 2.45) is 0 Å². The maximum atomic E-state index is 14.0. The van der Waals surface area contributed by atoms with Crippen LogP contribution in [0.2, 0.25) is 0 Å². The van der Waals surface area contributed by atoms with E-state index in [-0.39, 0.29) is 18.7 Å². The van der Waals surface area contributed by atoms with Gasteiger partial charge in [-0.15, -0.1) is 6.58 Å². The number of likely N-dealkylation sites (N-methyl/N-ethyl adjacent to an activating group) is 1. The Morgan fingerprint density at radius 1 is 1.17 bits per heavy atom. The van der Waals surface area contributed by atoms with Gasteiger partial charge in [-0.1, -0.05) is 23.8 Å². The fraction of sp³-hybridized carbons (Fsp3) is 0.200. The van der Waals surface area contributed by atoms with Crippen LogP contribution in [0.5, 0.6) is 0 Å². The maximum Gasteiger partial charge on any atom is 0.254 e. The van der Waals surface area contributed by atoms with Crippen LogP contribution in [0.1, 0.15) is 15.9 Å². The molecule has 2 rings (SSSR count). The van der Waals surface area contributed by atoms with Crippen molar-refractivity contribution >= 4 is 27.5 Å². The summed E-state index contributed by atoms with van der Waals surface area (Å²) in [6, 6.07) is 10.2. The standard InChI is InChI=1S/C20H22FN3O4S/c1-4-11-22-29(27,28)18-12-15(7-10-17(18)21)20(26)24(3)13-19(25)23-16-8-5-14(2)6-9-16/h4-10,12,22H,1,11,13H2,2-3H3,(H,23,25). The molecule has 0 bridgehead atoms. The summed E-state index contributed by atoms with van der Waals surface area (Å²) in [6.07, 6.45) is 1.31. The number of rotatable bonds is 8. The Morgan fingerprint density at radius 3 is 2.45 bits per heavy atom. The molecule has 0 spiro atoms. The van der Waals surface area contributed by atoms with E-state index >= 15 is 0 Å². The second kappa shape index (κ2) is 9.44. The third-order valence-electron chi connectivity index (χ3n) is 3.95. The molecule has 0 aliphatic carbocycles. The average molecular weight is 419 g/mol. The third-order valence-corrected chi connectivity index (χ3v) is 5.39. The van der Waals surface area contributed by atoms with E-state index in [1.54, 1.807) is 12.1 Å². The summed E-state index contributed by atoms with van der Waals surface area (Å²) in [4.78, 5) is 25.2. The van der Waals surface area contributed by atoms with E-state index in [2.05, 4.69) is 16.6 Å². The van der Waals surface area contributed by atoms with Gasteiger partial charge >= 0.3 is 0 Å². The fourth-order valence-electron chi connectivity index (χ4n) is 2.43. The number of carbonyl (C=O) groups is 2. The van der Waals surface area contributed by atoms with Gasteiger partial charge in [0.2, 0.25) is 15.9 Å². The van der Waals surface area contributed by atoms with E-state index in [1.165, 1.54) is 19.2 Å². The van der Waals surface area contributed by atoms with Crippen molar-refractivity contribution in [3.63, 3.8) is 0 Å². The molecule has 0 aliphatic heterocycles. The summed E-state index contributed by atoms with van der Waals surface area (Å²) >= 11 is 0. The lowest BCUT2D eigenvalue weighted by Crippen LogP contribution is -2.35. The Hall–Kier alpha value is -3.04. The minimum atomic E-state index is -4.15. The molecule has 0 fully saturated rings. The Balaban J connectivity index is 2.12. The van der Waals surface area contributed by atoms with Gasteiger partial charge in [-0.25, -0.2) is 17.5 Å². The summed E-state index contributed by atoms with van der Waals surface area (Å²) in [5.74, 6) is -2.03. The first-order chi connectivity index (χ1) is 13.6. The number of benzene rings is 2. The molecule has 0 saturated heterocycles. The summed E-state index contributed by atoms with van der Waals surface area (Å²) < 4.78 is 40.5. The SMILES string of the molecule is C=CCNS(=O)(=O)c1cc(C(=O)N(C)CC(=O)Nc2ccc(C)cc2)ccc1F. The lowest BCUT2D eigenvalue weighted by molar-refractivity contribution is -0.116. The van der Waals surface area contributed by atoms with E-state index in [9.17, 15) is 22.4 Å². The maximum absolute atomic E-state index is 14.0. The largest absolute Gasteiger partial charge is 0.332 e. The Morgan fingerprint density at radius 2 is 1.83 bits per heavy atom. The molecule has 0 saturated carbocycles. The first-order valence-corrected chi connectivity index (χ1v) is 10.1. The Kier molecular flexibility index (Phi) is 7.24. The number of carbonyl (C=O) groups excluding carboxylic acids is 2. The minimum absolute atomic E-state index is 0.0592. The van der Waals surface area contributed by atoms with Crippen LogP contribution in [0, 0.1) is 12.7 Å². The van der Waals surface area contributed by atoms with Crippen molar-refractivity contribution in [1.29, 1.82) is 0 Å². The van der Waals surface area contributed by atoms with Gasteiger partial charge in [0, 0.05) is 24.8 Å². The molecule has 2 aromatic rings. The summed E-state index contributed by atoms with van der Waals surface area (Å²) in [6.45, 7) is 4.96. The van der Waals surface area contributed by atoms with E-state index in [0.717, 1.165) is 22.6 Å². The van der Waals surface area contributed by atoms with Crippen LogP contribution in [0.15, 0.2) is 60.0 Å². The molecular weight excluding hydrogens is 397 g/mol. The zero-order chi connectivity index (χ0) is 21.6. The fourth-order valence-corrected chi connectivity index (χ4v) is 3.53. The van der Waals surface area contributed by atoms with E-state index in [0.29, 0.717) is 5.69 Å². The predicted molar refractivity (Wildman–Crippen MR) is 109 cm³/mol. The van der Waals surface area contributed by atoms with Crippen LogP contribution in [-0.4, -0.2) is 45.3 Å². The summed E-state index contributed by atoms with van der Waals surface area (Å²) in [5, 5.41) is 2.67. The molecule has 2 amide bonds. The number of sulfonamides is 1. The molecule has 29 heavy (non-hydrogen) atoms. The highest BCUT2D eigenvalue weighted by Gasteiger charge is 2.22. The molecular formula is C20H22FN3O4S. The van der Waals surface area contributed by atoms with Gasteiger partial charge in [0.15, 0.2) is 0 Å². The number of halogens is 1. The summed E-state index contributed by atoms with van der Waals surface area (Å²) in [7, 11) is -2.75. The van der Waals surface area contributed by atoms with Crippen molar-refractivity contribution in [2.75, 3.05) is 25.5 Å². The van der Waals surface area contributed by atoms with Gasteiger partial charge < -0.3 is 10.2 Å². The molecule has 0 radical (unpaired) electrons. The molecule has 0 unspecified atom stereocenters. The first-order valence-electron chi connectivity index (χ1n) is 8.66. The highest BCUT2D eigenvalue weighted by atomic mass is 32.2. The Bertz CT molecular complexity index is 1020. The third kappa shape index (κ3) is 5.97. The molecule has 0 aromatic heterocycles. The lowest BCUT2D eigenvalue weighted by Gasteiger charge is -2.17. The van der Waals surface area contributed by atoms with Crippen LogP contribution < -0.4 is 10.0 Å². The molecule has 0 atom stereocenters. The van der Waals surface area contributed by atoms with Crippen molar-refractivity contribution in [3.05, 3.63) is 72.1 Å². The monoisotopic (exact) mass is 419 g/mol. The number of hydrogen-bond acceptors (Lipinski definition) is 4. The van der Waals surface area contributed by atoms with Crippen molar-refractivity contribution in [3.8, 4) is 0 Å². The van der Waals surface area contributed by atoms with Crippen LogP contribution in [0.4, 0.5) is 10.1 Å². The van der Waals surface area contributed by atoms with Gasteiger partial charge in [-0.2, -0.15) is 0 Å². The average Bonchev–Trinajstić information content (AvgIpc) is 2.67. The quantitative estimate of drug-likeness (QED) is 0.642. The number of amides is 2. The first kappa shape index (κ1) is 22.3. The zero-order valence-corrected chi connectivity index (χ0v) is 16.9. The normalized spacial score (nSPS) is 11.0. The zero-order valence-electron chi connectivity index (χ0n) is 16.1. The van der Waals surface area contributed by atoms with Crippen LogP contribution in [0.3, 0.4) is 0 Å². The molecule has 2 aromatic carbocycles. The van der Waals surface area contributed by atoms with Gasteiger partial charge in [0.1, 0.15) is 10.7 Å². The molecule has 9 heteroatoms. The number of anilines is 1. The smallest absolute Gasteiger partial charge is 0.254 e. The molecule has 2 N–H and O–H groups in total. The van der Waals surface area contributed by atoms with Crippen LogP contribution in [-0.2, 0) is 14.8 Å². The number of nitrogens with one attached hydrogen (secondary N) is 2. The lowest BCUT2D eigenvalue weighted by atomic mass is 10.2. The van der Waals surface area contributed by atoms with Gasteiger partial charge in [-0.05, 0) is 37.3 Å². The van der Waals surface area contributed by atoms with Gasteiger partial charge in [0.05, 0.1) is 6.54 Å². The van der Waals surface area contributed by atoms with E-state index in [1.807, 2.05) is 19.1 Å². The number of nitrogens with zero attached hydrogens (tertiary/aromatic N) is 1. The van der Waals surface area contributed by atoms with Crippen molar-refractivity contribution < 1.29 is 22.4 Å².